The number of amides is 1. The van der Waals surface area contributed by atoms with Gasteiger partial charge in [-0.15, -0.1) is 0 Å². The highest BCUT2D eigenvalue weighted by atomic mass is 16.5. The molecule has 0 saturated carbocycles. The van der Waals surface area contributed by atoms with Gasteiger partial charge in [0.1, 0.15) is 11.3 Å². The van der Waals surface area contributed by atoms with Gasteiger partial charge in [0.05, 0.1) is 6.42 Å². The van der Waals surface area contributed by atoms with Crippen molar-refractivity contribution in [1.29, 1.82) is 0 Å². The molecule has 1 saturated heterocycles. The first-order chi connectivity index (χ1) is 7.77. The molecule has 0 radical (unpaired) electrons. The summed E-state index contributed by atoms with van der Waals surface area (Å²) in [4.78, 5) is 16.0. The van der Waals surface area contributed by atoms with Crippen molar-refractivity contribution in [2.24, 2.45) is 10.4 Å². The van der Waals surface area contributed by atoms with E-state index >= 15 is 0 Å². The van der Waals surface area contributed by atoms with Crippen molar-refractivity contribution in [3.63, 3.8) is 0 Å². The maximum Gasteiger partial charge on any atom is 0.238 e. The lowest BCUT2D eigenvalue weighted by Gasteiger charge is -2.22. The number of carbonyl (C=O) groups excluding carboxylic acids is 1. The van der Waals surface area contributed by atoms with E-state index in [-0.39, 0.29) is 11.3 Å². The van der Waals surface area contributed by atoms with Crippen LogP contribution in [0.3, 0.4) is 0 Å². The zero-order valence-electron chi connectivity index (χ0n) is 10.7. The lowest BCUT2D eigenvalue weighted by molar-refractivity contribution is -0.122. The molecule has 1 N–H and O–H groups in total. The molecule has 0 unspecified atom stereocenters. The zero-order valence-corrected chi connectivity index (χ0v) is 10.7. The third kappa shape index (κ3) is 2.75. The van der Waals surface area contributed by atoms with Crippen molar-refractivity contribution >= 4 is 11.8 Å². The highest BCUT2D eigenvalue weighted by molar-refractivity contribution is 6.00. The molecular formula is C13H18N2O2. The third-order valence-electron chi connectivity index (χ3n) is 2.68. The monoisotopic (exact) mass is 234 g/mol. The first-order valence-electron chi connectivity index (χ1n) is 5.75. The Balaban J connectivity index is 2.43. The minimum Gasteiger partial charge on any atom is -0.470 e. The molecule has 2 aliphatic heterocycles. The molecule has 17 heavy (non-hydrogen) atoms. The fourth-order valence-corrected chi connectivity index (χ4v) is 1.90. The molecule has 0 atom stereocenters. The summed E-state index contributed by atoms with van der Waals surface area (Å²) < 4.78 is 5.79. The SMILES string of the molecule is CC1(C)C=CN=C2OC(C)(C)CC(=O)NC2=C1. The zero-order chi connectivity index (χ0) is 12.7. The number of ether oxygens (including phenoxy) is 1. The van der Waals surface area contributed by atoms with Gasteiger partial charge in [-0.05, 0) is 19.9 Å². The molecule has 0 spiro atoms. The van der Waals surface area contributed by atoms with Crippen LogP contribution >= 0.6 is 0 Å². The Morgan fingerprint density at radius 2 is 2.06 bits per heavy atom. The van der Waals surface area contributed by atoms with Gasteiger partial charge in [-0.1, -0.05) is 19.9 Å². The summed E-state index contributed by atoms with van der Waals surface area (Å²) in [5.74, 6) is 0.451. The van der Waals surface area contributed by atoms with Crippen LogP contribution in [0.2, 0.25) is 0 Å². The number of fused-ring (bicyclic) bond motifs is 1. The average Bonchev–Trinajstić information content (AvgIpc) is 2.28. The van der Waals surface area contributed by atoms with Gasteiger partial charge in [-0.3, -0.25) is 4.79 Å². The molecule has 92 valence electrons. The van der Waals surface area contributed by atoms with Crippen LogP contribution in [0, 0.1) is 5.41 Å². The summed E-state index contributed by atoms with van der Waals surface area (Å²) in [5.41, 5.74) is -0.0115. The first-order valence-corrected chi connectivity index (χ1v) is 5.75. The molecule has 0 aliphatic carbocycles. The van der Waals surface area contributed by atoms with Gasteiger partial charge in [0, 0.05) is 11.6 Å². The Bertz CT molecular complexity index is 442. The smallest absolute Gasteiger partial charge is 0.238 e. The van der Waals surface area contributed by atoms with E-state index in [1.165, 1.54) is 0 Å². The fourth-order valence-electron chi connectivity index (χ4n) is 1.90. The van der Waals surface area contributed by atoms with E-state index in [1.807, 2.05) is 26.0 Å². The number of hydrogen-bond acceptors (Lipinski definition) is 3. The van der Waals surface area contributed by atoms with Crippen LogP contribution in [0.15, 0.2) is 29.0 Å². The Labute approximate surface area is 101 Å². The number of rotatable bonds is 0. The van der Waals surface area contributed by atoms with Gasteiger partial charge in [-0.25, -0.2) is 4.99 Å². The van der Waals surface area contributed by atoms with E-state index in [0.717, 1.165) is 0 Å². The van der Waals surface area contributed by atoms with Crippen LogP contribution < -0.4 is 5.32 Å². The van der Waals surface area contributed by atoms with Crippen molar-refractivity contribution in [3.05, 3.63) is 24.0 Å². The second-order valence-corrected chi connectivity index (χ2v) is 5.72. The molecule has 4 nitrogen and oxygen atoms in total. The predicted octanol–water partition coefficient (Wildman–Crippen LogP) is 2.14. The van der Waals surface area contributed by atoms with Crippen LogP contribution in [0.25, 0.3) is 0 Å². The molecule has 0 aromatic carbocycles. The van der Waals surface area contributed by atoms with E-state index in [2.05, 4.69) is 24.2 Å². The minimum atomic E-state index is -0.527. The van der Waals surface area contributed by atoms with Crippen LogP contribution in [0.5, 0.6) is 0 Å². The van der Waals surface area contributed by atoms with Crippen LogP contribution in [-0.4, -0.2) is 17.4 Å². The number of nitrogens with one attached hydrogen (secondary N) is 1. The molecule has 2 rings (SSSR count). The number of hydrogen-bond donors (Lipinski definition) is 1. The average molecular weight is 234 g/mol. The maximum atomic E-state index is 11.8. The highest BCUT2D eigenvalue weighted by Gasteiger charge is 2.33. The maximum absolute atomic E-state index is 11.8. The Morgan fingerprint density at radius 1 is 1.35 bits per heavy atom. The van der Waals surface area contributed by atoms with Gasteiger partial charge in [0.15, 0.2) is 0 Å². The summed E-state index contributed by atoms with van der Waals surface area (Å²) in [6.07, 6.45) is 6.00. The lowest BCUT2D eigenvalue weighted by Crippen LogP contribution is -2.28. The number of carbonyl (C=O) groups is 1. The molecular weight excluding hydrogens is 216 g/mol. The second-order valence-electron chi connectivity index (χ2n) is 5.72. The second kappa shape index (κ2) is 3.72. The largest absolute Gasteiger partial charge is 0.470 e. The number of nitrogens with zero attached hydrogens (tertiary/aromatic N) is 1. The van der Waals surface area contributed by atoms with Gasteiger partial charge >= 0.3 is 0 Å². The van der Waals surface area contributed by atoms with E-state index in [0.29, 0.717) is 18.0 Å². The quantitative estimate of drug-likeness (QED) is 0.698. The molecule has 2 aliphatic rings. The number of aliphatic imine (C=N–C) groups is 1. The summed E-state index contributed by atoms with van der Waals surface area (Å²) >= 11 is 0. The van der Waals surface area contributed by atoms with Crippen LogP contribution in [-0.2, 0) is 9.53 Å². The van der Waals surface area contributed by atoms with Crippen molar-refractivity contribution in [2.75, 3.05) is 0 Å². The van der Waals surface area contributed by atoms with Crippen molar-refractivity contribution in [1.82, 2.24) is 5.32 Å². The highest BCUT2D eigenvalue weighted by Crippen LogP contribution is 2.27. The molecule has 1 fully saturated rings. The molecule has 0 aromatic rings. The molecule has 4 heteroatoms. The lowest BCUT2D eigenvalue weighted by atomic mass is 9.92. The van der Waals surface area contributed by atoms with Gasteiger partial charge in [0.25, 0.3) is 0 Å². The molecule has 2 heterocycles. The van der Waals surface area contributed by atoms with Gasteiger partial charge < -0.3 is 10.1 Å². The minimum absolute atomic E-state index is 0.0378. The standard InChI is InChI=1S/C13H18N2O2/c1-12(2)5-6-14-11-9(7-12)15-10(16)8-13(3,4)17-11/h5-7H,8H2,1-4H3,(H,15,16). The fraction of sp³-hybridized carbons (Fsp3) is 0.538. The summed E-state index contributed by atoms with van der Waals surface area (Å²) in [6, 6.07) is 0. The predicted molar refractivity (Wildman–Crippen MR) is 66.4 cm³/mol. The third-order valence-corrected chi connectivity index (χ3v) is 2.68. The van der Waals surface area contributed by atoms with E-state index in [1.54, 1.807) is 6.20 Å². The van der Waals surface area contributed by atoms with E-state index in [4.69, 9.17) is 4.74 Å². The summed E-state index contributed by atoms with van der Waals surface area (Å²) in [6.45, 7) is 7.88. The van der Waals surface area contributed by atoms with Gasteiger partial charge in [-0.2, -0.15) is 0 Å². The van der Waals surface area contributed by atoms with Crippen molar-refractivity contribution in [2.45, 2.75) is 39.7 Å². The normalized spacial score (nSPS) is 25.5. The Kier molecular flexibility index (Phi) is 2.60. The van der Waals surface area contributed by atoms with Crippen LogP contribution in [0.1, 0.15) is 34.1 Å². The molecule has 0 bridgehead atoms. The Morgan fingerprint density at radius 3 is 2.76 bits per heavy atom. The van der Waals surface area contributed by atoms with Crippen LogP contribution in [0.4, 0.5) is 0 Å². The Hall–Kier alpha value is -1.58. The van der Waals surface area contributed by atoms with Crippen molar-refractivity contribution in [3.8, 4) is 0 Å². The first kappa shape index (κ1) is 11.9. The summed E-state index contributed by atoms with van der Waals surface area (Å²) in [5, 5.41) is 2.86. The van der Waals surface area contributed by atoms with Gasteiger partial charge in [0.2, 0.25) is 11.8 Å². The van der Waals surface area contributed by atoms with E-state index in [9.17, 15) is 4.79 Å². The topological polar surface area (TPSA) is 50.7 Å². The van der Waals surface area contributed by atoms with E-state index < -0.39 is 5.60 Å². The molecule has 1 amide bonds. The molecule has 0 aromatic heterocycles. The van der Waals surface area contributed by atoms with Crippen molar-refractivity contribution < 1.29 is 9.53 Å². The summed E-state index contributed by atoms with van der Waals surface area (Å²) in [7, 11) is 0. The number of allylic oxidation sites excluding steroid dienone is 2.